The van der Waals surface area contributed by atoms with E-state index in [1.54, 1.807) is 0 Å². The molecule has 2 saturated heterocycles. The summed E-state index contributed by atoms with van der Waals surface area (Å²) in [6.45, 7) is 5.40. The lowest BCUT2D eigenvalue weighted by Gasteiger charge is -2.39. The van der Waals surface area contributed by atoms with Gasteiger partial charge in [-0.1, -0.05) is 12.8 Å². The van der Waals surface area contributed by atoms with Crippen molar-refractivity contribution in [3.63, 3.8) is 0 Å². The number of amides is 2. The zero-order chi connectivity index (χ0) is 18.8. The molecule has 2 amide bonds. The summed E-state index contributed by atoms with van der Waals surface area (Å²) in [6.07, 6.45) is 12.0. The van der Waals surface area contributed by atoms with Gasteiger partial charge >= 0.3 is 0 Å². The van der Waals surface area contributed by atoms with Crippen LogP contribution in [-0.4, -0.2) is 56.8 Å². The Morgan fingerprint density at radius 1 is 1.15 bits per heavy atom. The van der Waals surface area contributed by atoms with Crippen LogP contribution in [0.2, 0.25) is 0 Å². The smallest absolute Gasteiger partial charge is 0.227 e. The first-order valence-corrected chi connectivity index (χ1v) is 10.7. The minimum atomic E-state index is 0.00995. The van der Waals surface area contributed by atoms with Crippen LogP contribution in [0.15, 0.2) is 12.4 Å². The monoisotopic (exact) mass is 372 g/mol. The molecule has 148 valence electrons. The zero-order valence-corrected chi connectivity index (χ0v) is 16.5. The Morgan fingerprint density at radius 2 is 1.89 bits per heavy atom. The van der Waals surface area contributed by atoms with Crippen molar-refractivity contribution in [3.05, 3.63) is 18.2 Å². The molecule has 27 heavy (non-hydrogen) atoms. The largest absolute Gasteiger partial charge is 0.342 e. The van der Waals surface area contributed by atoms with E-state index in [4.69, 9.17) is 0 Å². The quantitative estimate of drug-likeness (QED) is 0.816. The van der Waals surface area contributed by atoms with Gasteiger partial charge in [-0.05, 0) is 44.9 Å². The molecule has 6 nitrogen and oxygen atoms in total. The van der Waals surface area contributed by atoms with Crippen LogP contribution in [0.3, 0.4) is 0 Å². The summed E-state index contributed by atoms with van der Waals surface area (Å²) in [4.78, 5) is 33.8. The van der Waals surface area contributed by atoms with Crippen molar-refractivity contribution in [1.82, 2.24) is 19.4 Å². The molecule has 3 fully saturated rings. The van der Waals surface area contributed by atoms with Gasteiger partial charge in [0.05, 0.1) is 5.92 Å². The molecule has 0 N–H and O–H groups in total. The normalized spacial score (nSPS) is 25.4. The number of aryl methyl sites for hydroxylation is 1. The second-order valence-corrected chi connectivity index (χ2v) is 8.62. The summed E-state index contributed by atoms with van der Waals surface area (Å²) in [5.74, 6) is 2.23. The molecule has 4 rings (SSSR count). The van der Waals surface area contributed by atoms with E-state index in [9.17, 15) is 9.59 Å². The lowest BCUT2D eigenvalue weighted by Crippen LogP contribution is -2.51. The Hall–Kier alpha value is -1.85. The number of carbonyl (C=O) groups is 2. The van der Waals surface area contributed by atoms with E-state index in [0.717, 1.165) is 57.6 Å². The number of piperidine rings is 2. The van der Waals surface area contributed by atoms with Crippen molar-refractivity contribution in [2.45, 2.75) is 70.9 Å². The molecule has 3 aliphatic rings. The standard InChI is InChI=1S/C21H32N4O2/c1-16-22-10-13-24(16)14-17-8-11-23(12-9-17)21(27)18-6-7-20(26)25(15-18)19-4-2-3-5-19/h10,13,17-19H,2-9,11-12,14-15H2,1H3. The molecule has 0 radical (unpaired) electrons. The van der Waals surface area contributed by atoms with Crippen LogP contribution in [0.25, 0.3) is 0 Å². The summed E-state index contributed by atoms with van der Waals surface area (Å²) in [7, 11) is 0. The van der Waals surface area contributed by atoms with Gasteiger partial charge in [-0.25, -0.2) is 4.98 Å². The van der Waals surface area contributed by atoms with Crippen LogP contribution >= 0.6 is 0 Å². The van der Waals surface area contributed by atoms with Crippen molar-refractivity contribution in [2.75, 3.05) is 19.6 Å². The number of likely N-dealkylation sites (tertiary alicyclic amines) is 2. The third-order valence-corrected chi connectivity index (χ3v) is 6.86. The van der Waals surface area contributed by atoms with Crippen molar-refractivity contribution >= 4 is 11.8 Å². The maximum absolute atomic E-state index is 13.1. The van der Waals surface area contributed by atoms with Gasteiger partial charge in [0.1, 0.15) is 5.82 Å². The second-order valence-electron chi connectivity index (χ2n) is 8.62. The summed E-state index contributed by atoms with van der Waals surface area (Å²) >= 11 is 0. The van der Waals surface area contributed by atoms with Crippen molar-refractivity contribution < 1.29 is 9.59 Å². The Kier molecular flexibility index (Phi) is 5.50. The average Bonchev–Trinajstić information content (AvgIpc) is 3.35. The molecule has 1 aromatic heterocycles. The number of rotatable bonds is 4. The third-order valence-electron chi connectivity index (χ3n) is 6.86. The van der Waals surface area contributed by atoms with Gasteiger partial charge in [0.15, 0.2) is 0 Å². The topological polar surface area (TPSA) is 58.4 Å². The molecule has 2 aliphatic heterocycles. The van der Waals surface area contributed by atoms with E-state index in [2.05, 4.69) is 14.5 Å². The highest BCUT2D eigenvalue weighted by atomic mass is 16.2. The molecular weight excluding hydrogens is 340 g/mol. The predicted octanol–water partition coefficient (Wildman–Crippen LogP) is 2.61. The second kappa shape index (κ2) is 8.03. The molecular formula is C21H32N4O2. The highest BCUT2D eigenvalue weighted by molar-refractivity contribution is 5.84. The maximum atomic E-state index is 13.1. The summed E-state index contributed by atoms with van der Waals surface area (Å²) in [6, 6.07) is 0.386. The predicted molar refractivity (Wildman–Crippen MR) is 103 cm³/mol. The van der Waals surface area contributed by atoms with Gasteiger partial charge < -0.3 is 14.4 Å². The fourth-order valence-electron chi connectivity index (χ4n) is 5.11. The molecule has 0 bridgehead atoms. The Labute approximate surface area is 161 Å². The van der Waals surface area contributed by atoms with Gasteiger partial charge in [-0.2, -0.15) is 0 Å². The Balaban J connectivity index is 1.29. The van der Waals surface area contributed by atoms with Crippen molar-refractivity contribution in [3.8, 4) is 0 Å². The molecule has 1 aromatic rings. The summed E-state index contributed by atoms with van der Waals surface area (Å²) in [5, 5.41) is 0. The Morgan fingerprint density at radius 3 is 2.56 bits per heavy atom. The van der Waals surface area contributed by atoms with E-state index < -0.39 is 0 Å². The van der Waals surface area contributed by atoms with Gasteiger partial charge in [0.25, 0.3) is 0 Å². The fourth-order valence-corrected chi connectivity index (χ4v) is 5.11. The van der Waals surface area contributed by atoms with Crippen LogP contribution in [-0.2, 0) is 16.1 Å². The Bertz CT molecular complexity index is 671. The lowest BCUT2D eigenvalue weighted by atomic mass is 9.91. The number of nitrogens with zero attached hydrogens (tertiary/aromatic N) is 4. The van der Waals surface area contributed by atoms with E-state index >= 15 is 0 Å². The molecule has 1 unspecified atom stereocenters. The van der Waals surface area contributed by atoms with E-state index in [-0.39, 0.29) is 17.7 Å². The molecule has 1 atom stereocenters. The molecule has 0 spiro atoms. The first kappa shape index (κ1) is 18.5. The van der Waals surface area contributed by atoms with E-state index in [0.29, 0.717) is 24.9 Å². The molecule has 0 aromatic carbocycles. The van der Waals surface area contributed by atoms with E-state index in [1.165, 1.54) is 12.8 Å². The van der Waals surface area contributed by atoms with Crippen molar-refractivity contribution in [1.29, 1.82) is 0 Å². The number of carbonyl (C=O) groups excluding carboxylic acids is 2. The van der Waals surface area contributed by atoms with Gasteiger partial charge in [0, 0.05) is 51.0 Å². The van der Waals surface area contributed by atoms with E-state index in [1.807, 2.05) is 24.2 Å². The van der Waals surface area contributed by atoms with Crippen LogP contribution in [0.5, 0.6) is 0 Å². The molecule has 1 saturated carbocycles. The number of hydrogen-bond donors (Lipinski definition) is 0. The summed E-state index contributed by atoms with van der Waals surface area (Å²) in [5.41, 5.74) is 0. The first-order chi connectivity index (χ1) is 13.1. The minimum absolute atomic E-state index is 0.00995. The number of imidazole rings is 1. The molecule has 6 heteroatoms. The SMILES string of the molecule is Cc1nccn1CC1CCN(C(=O)C2CCC(=O)N(C3CCCC3)C2)CC1. The fraction of sp³-hybridized carbons (Fsp3) is 0.762. The van der Waals surface area contributed by atoms with Gasteiger partial charge in [-0.3, -0.25) is 9.59 Å². The van der Waals surface area contributed by atoms with Gasteiger partial charge in [0.2, 0.25) is 11.8 Å². The van der Waals surface area contributed by atoms with Crippen LogP contribution < -0.4 is 0 Å². The highest BCUT2D eigenvalue weighted by Gasteiger charge is 2.37. The minimum Gasteiger partial charge on any atom is -0.342 e. The van der Waals surface area contributed by atoms with Crippen LogP contribution in [0.1, 0.15) is 57.2 Å². The highest BCUT2D eigenvalue weighted by Crippen LogP contribution is 2.30. The third kappa shape index (κ3) is 4.04. The molecule has 1 aliphatic carbocycles. The number of hydrogen-bond acceptors (Lipinski definition) is 3. The van der Waals surface area contributed by atoms with Gasteiger partial charge in [-0.15, -0.1) is 0 Å². The summed E-state index contributed by atoms with van der Waals surface area (Å²) < 4.78 is 2.22. The zero-order valence-electron chi connectivity index (χ0n) is 16.5. The van der Waals surface area contributed by atoms with Crippen LogP contribution in [0, 0.1) is 18.8 Å². The van der Waals surface area contributed by atoms with Crippen LogP contribution in [0.4, 0.5) is 0 Å². The molecule has 3 heterocycles. The lowest BCUT2D eigenvalue weighted by molar-refractivity contribution is -0.145. The van der Waals surface area contributed by atoms with Crippen molar-refractivity contribution in [2.24, 2.45) is 11.8 Å². The maximum Gasteiger partial charge on any atom is 0.227 e. The number of aromatic nitrogens is 2. The first-order valence-electron chi connectivity index (χ1n) is 10.7. The average molecular weight is 373 g/mol.